The molecule has 0 bridgehead atoms. The molecule has 12 atom stereocenters. The Labute approximate surface area is 638 Å². The Morgan fingerprint density at radius 1 is 0.415 bits per heavy atom. The molecule has 3 saturated heterocycles. The number of hydrogen-bond donors (Lipinski definition) is 9. The molecule has 3 aromatic carbocycles. The van der Waals surface area contributed by atoms with Gasteiger partial charge < -0.3 is 61.9 Å². The summed E-state index contributed by atoms with van der Waals surface area (Å²) in [7, 11) is 0. The fraction of sp³-hybridized carbons (Fsp3) is 0.562. The summed E-state index contributed by atoms with van der Waals surface area (Å²) in [6.45, 7) is 41.9. The number of carbonyl (C=O) groups is 8. The lowest BCUT2D eigenvalue weighted by Crippen LogP contribution is -2.60. The van der Waals surface area contributed by atoms with Crippen molar-refractivity contribution in [3.05, 3.63) is 123 Å². The first kappa shape index (κ1) is 85.4. The number of amides is 8. The second-order valence-corrected chi connectivity index (χ2v) is 36.3. The van der Waals surface area contributed by atoms with Crippen molar-refractivity contribution in [3.8, 4) is 31.3 Å². The van der Waals surface area contributed by atoms with Crippen molar-refractivity contribution in [3.63, 3.8) is 0 Å². The minimum absolute atomic E-state index is 0.0478. The summed E-state index contributed by atoms with van der Waals surface area (Å²) in [4.78, 5) is 126. The number of aliphatic hydroxyl groups is 3. The van der Waals surface area contributed by atoms with Crippen molar-refractivity contribution in [1.82, 2.24) is 61.6 Å². The summed E-state index contributed by atoms with van der Waals surface area (Å²) in [5.41, 5.74) is 12.1. The van der Waals surface area contributed by atoms with Crippen LogP contribution >= 0.6 is 34.0 Å². The summed E-state index contributed by atoms with van der Waals surface area (Å²) in [5.74, 6) is -2.33. The third-order valence-corrected chi connectivity index (χ3v) is 22.1. The van der Waals surface area contributed by atoms with Crippen molar-refractivity contribution in [2.75, 3.05) is 19.6 Å². The van der Waals surface area contributed by atoms with E-state index >= 15 is 0 Å². The summed E-state index contributed by atoms with van der Waals surface area (Å²) >= 11 is 4.78. The molecule has 0 aliphatic carbocycles. The summed E-state index contributed by atoms with van der Waals surface area (Å²) in [5, 5.41) is 49.1. The van der Waals surface area contributed by atoms with Crippen LogP contribution in [-0.4, -0.2) is 172 Å². The van der Waals surface area contributed by atoms with Crippen LogP contribution in [0.5, 0.6) is 0 Å². The number of rotatable bonds is 18. The van der Waals surface area contributed by atoms with Crippen LogP contribution in [0.25, 0.3) is 31.3 Å². The van der Waals surface area contributed by atoms with Gasteiger partial charge in [0.05, 0.1) is 90.7 Å². The minimum atomic E-state index is -0.833. The first-order chi connectivity index (χ1) is 49.1. The standard InChI is InChI=1S/C28H40N4O4S.C27H40N4O3S.C25H34N4O4S/c1-16(18-9-11-19(12-10-18)22-17(2)29-15-37-22)30-24(34)21-13-20(33)14-32(21)25(35)23(27(3,4)5)31-26(36)28(6,7)8;1-16(18-9-11-19(12-10-18)22-17(2)28-15-35-22)29-24(33)21-13-20(32)14-31(21)25(34)23(26(3,4)5)30-27(6,7)8;1-14(17-7-9-18(10-8-17)21-15(2)26-13-34-21)27-23(32)20-11-19(31)12-29(20)24(33)22(25(4,5)6)28-16(3)30/h9-12,15-16,20-21,23,33H,13-14H2,1-8H3,(H,30,34)(H,31,36);9-12,15-16,20-21,23,30,32H,13-14H2,1-8H3,(H,29,33);7-10,13-14,19-20,22,31H,11-12H2,1-6H3,(H,27,32)(H,28,30)/t2*16-,20+,21-,23+;14-,19+,20-,22+/m000/s1. The van der Waals surface area contributed by atoms with Gasteiger partial charge in [-0.3, -0.25) is 38.4 Å². The summed E-state index contributed by atoms with van der Waals surface area (Å²) < 4.78 is 0. The van der Waals surface area contributed by atoms with Crippen molar-refractivity contribution in [1.29, 1.82) is 0 Å². The monoisotopic (exact) mass is 1510 g/mol. The molecule has 9 N–H and O–H groups in total. The van der Waals surface area contributed by atoms with Crippen LogP contribution in [0.15, 0.2) is 89.3 Å². The number of hydrogen-bond acceptors (Lipinski definition) is 18. The van der Waals surface area contributed by atoms with Gasteiger partial charge >= 0.3 is 0 Å². The van der Waals surface area contributed by atoms with Crippen molar-refractivity contribution in [2.24, 2.45) is 21.7 Å². The third-order valence-electron chi connectivity index (χ3n) is 19.1. The number of thiazole rings is 3. The van der Waals surface area contributed by atoms with Crippen LogP contribution in [0.1, 0.15) is 203 Å². The van der Waals surface area contributed by atoms with E-state index in [2.05, 4.69) is 46.9 Å². The largest absolute Gasteiger partial charge is 0.391 e. The van der Waals surface area contributed by atoms with Gasteiger partial charge in [-0.25, -0.2) is 15.0 Å². The zero-order chi connectivity index (χ0) is 79.0. The predicted molar refractivity (Wildman–Crippen MR) is 419 cm³/mol. The molecular weight excluding hydrogens is 1400 g/mol. The Balaban J connectivity index is 0.000000222. The molecule has 0 saturated carbocycles. The smallest absolute Gasteiger partial charge is 0.246 e. The molecule has 9 rings (SSSR count). The normalized spacial score (nSPS) is 20.1. The van der Waals surface area contributed by atoms with Crippen molar-refractivity contribution >= 4 is 81.3 Å². The Kier molecular flexibility index (Phi) is 28.2. The molecule has 6 heterocycles. The van der Waals surface area contributed by atoms with Gasteiger partial charge in [-0.1, -0.05) is 156 Å². The van der Waals surface area contributed by atoms with E-state index < -0.39 is 70.8 Å². The first-order valence-corrected chi connectivity index (χ1v) is 39.0. The number of likely N-dealkylation sites (tertiary alicyclic amines) is 3. The van der Waals surface area contributed by atoms with Gasteiger partial charge in [0.15, 0.2) is 0 Å². The molecule has 3 fully saturated rings. The predicted octanol–water partition coefficient (Wildman–Crippen LogP) is 10.7. The minimum Gasteiger partial charge on any atom is -0.391 e. The van der Waals surface area contributed by atoms with E-state index in [0.717, 1.165) is 65.1 Å². The molecule has 3 aromatic heterocycles. The van der Waals surface area contributed by atoms with Crippen LogP contribution < -0.4 is 31.9 Å². The summed E-state index contributed by atoms with van der Waals surface area (Å²) in [6.07, 6.45) is -1.78. The van der Waals surface area contributed by atoms with E-state index in [4.69, 9.17) is 0 Å². The Hall–Kier alpha value is -7.85. The SMILES string of the molecule is CC(=O)N[C@H](C(=O)N1C[C@H](O)C[C@H]1C(=O)N[C@@H](C)c1ccc(-c2scnc2C)cc1)C(C)(C)C.Cc1ncsc1-c1ccc([C@H](C)NC(=O)[C@@H]2C[C@@H](O)CN2C(=O)[C@@H](NC(=O)C(C)(C)C)C(C)(C)C)cc1.Cc1ncsc1-c1ccc([C@H](C)NC(=O)[C@@H]2C[C@@H](O)CN2C(=O)[C@@H](NC(C)(C)C)C(C)(C)C)cc1. The van der Waals surface area contributed by atoms with Crippen LogP contribution in [0.4, 0.5) is 0 Å². The molecule has 0 radical (unpaired) electrons. The zero-order valence-corrected chi connectivity index (χ0v) is 68.3. The molecule has 0 unspecified atom stereocenters. The number of aryl methyl sites for hydroxylation is 3. The van der Waals surface area contributed by atoms with E-state index in [0.29, 0.717) is 0 Å². The maximum Gasteiger partial charge on any atom is 0.246 e. The third kappa shape index (κ3) is 22.4. The van der Waals surface area contributed by atoms with Crippen LogP contribution in [-0.2, 0) is 38.4 Å². The second-order valence-electron chi connectivity index (χ2n) is 33.8. The number of nitrogens with one attached hydrogen (secondary N) is 6. The highest BCUT2D eigenvalue weighted by molar-refractivity contribution is 7.14. The molecule has 26 heteroatoms. The lowest BCUT2D eigenvalue weighted by Gasteiger charge is -2.39. The number of aliphatic hydroxyl groups excluding tert-OH is 3. The lowest BCUT2D eigenvalue weighted by molar-refractivity contribution is -0.145. The molecule has 106 heavy (non-hydrogen) atoms. The van der Waals surface area contributed by atoms with E-state index in [-0.39, 0.29) is 115 Å². The Morgan fingerprint density at radius 2 is 0.679 bits per heavy atom. The topological polar surface area (TPSA) is 318 Å². The average molecular weight is 1520 g/mol. The molecule has 8 amide bonds. The van der Waals surface area contributed by atoms with Gasteiger partial charge in [0.25, 0.3) is 0 Å². The van der Waals surface area contributed by atoms with Gasteiger partial charge in [0.2, 0.25) is 47.3 Å². The number of aromatic nitrogens is 3. The van der Waals surface area contributed by atoms with E-state index in [9.17, 15) is 53.7 Å². The second kappa shape index (κ2) is 35.0. The van der Waals surface area contributed by atoms with E-state index in [1.54, 1.807) is 59.7 Å². The Morgan fingerprint density at radius 3 is 0.906 bits per heavy atom. The molecule has 23 nitrogen and oxygen atoms in total. The highest BCUT2D eigenvalue weighted by atomic mass is 32.1. The maximum absolute atomic E-state index is 13.7. The number of β-amino-alcohol motifs (C(OH)–C–C–N with tert-alkyl or cyclic N) is 3. The molecule has 3 aliphatic rings. The Bertz CT molecular complexity index is 4030. The highest BCUT2D eigenvalue weighted by Gasteiger charge is 2.48. The van der Waals surface area contributed by atoms with Crippen LogP contribution in [0, 0.1) is 42.4 Å². The van der Waals surface area contributed by atoms with E-state index in [1.165, 1.54) is 16.7 Å². The highest BCUT2D eigenvalue weighted by Crippen LogP contribution is 2.35. The first-order valence-electron chi connectivity index (χ1n) is 36.4. The van der Waals surface area contributed by atoms with Gasteiger partial charge in [-0.2, -0.15) is 0 Å². The van der Waals surface area contributed by atoms with Gasteiger partial charge in [-0.15, -0.1) is 34.0 Å². The van der Waals surface area contributed by atoms with Gasteiger partial charge in [-0.05, 0) is 112 Å². The molecule has 0 spiro atoms. The molecule has 3 aliphatic heterocycles. The van der Waals surface area contributed by atoms with Gasteiger partial charge in [0.1, 0.15) is 30.2 Å². The zero-order valence-electron chi connectivity index (χ0n) is 65.8. The van der Waals surface area contributed by atoms with Crippen molar-refractivity contribution < 1.29 is 53.7 Å². The fourth-order valence-corrected chi connectivity index (χ4v) is 15.5. The number of nitrogens with zero attached hydrogens (tertiary/aromatic N) is 6. The van der Waals surface area contributed by atoms with Crippen molar-refractivity contribution in [2.45, 2.75) is 250 Å². The summed E-state index contributed by atoms with van der Waals surface area (Å²) in [6, 6.07) is 18.8. The number of carbonyl (C=O) groups excluding carboxylic acids is 8. The maximum atomic E-state index is 13.7. The molecule has 6 aromatic rings. The average Bonchev–Trinajstić information content (AvgIpc) is 1.57. The van der Waals surface area contributed by atoms with E-state index in [1.807, 2.05) is 214 Å². The lowest BCUT2D eigenvalue weighted by atomic mass is 9.84. The van der Waals surface area contributed by atoms with Crippen LogP contribution in [0.3, 0.4) is 0 Å². The fourth-order valence-electron chi connectivity index (χ4n) is 13.0. The molecule has 578 valence electrons. The molecular formula is C80H114N12O11S3. The quantitative estimate of drug-likeness (QED) is 0.0386. The van der Waals surface area contributed by atoms with Gasteiger partial charge in [0, 0.05) is 56.8 Å². The number of benzene rings is 3. The van der Waals surface area contributed by atoms with Crippen LogP contribution in [0.2, 0.25) is 0 Å².